The minimum absolute atomic E-state index is 0.190. The maximum absolute atomic E-state index is 13.2. The van der Waals surface area contributed by atoms with Crippen molar-refractivity contribution in [2.45, 2.75) is 58.1 Å². The molecular weight excluding hydrogens is 253 g/mol. The minimum atomic E-state index is -0.190. The van der Waals surface area contributed by atoms with Crippen LogP contribution in [0.1, 0.15) is 44.6 Å². The summed E-state index contributed by atoms with van der Waals surface area (Å²) in [6, 6.07) is 5.41. The lowest BCUT2D eigenvalue weighted by Gasteiger charge is -2.54. The molecule has 2 aliphatic rings. The van der Waals surface area contributed by atoms with Crippen LogP contribution >= 0.6 is 0 Å². The lowest BCUT2D eigenvalue weighted by atomic mass is 9.60. The predicted octanol–water partition coefficient (Wildman–Crippen LogP) is 3.82. The summed E-state index contributed by atoms with van der Waals surface area (Å²) in [4.78, 5) is 0. The van der Waals surface area contributed by atoms with Crippen LogP contribution in [0.4, 0.5) is 4.39 Å². The zero-order chi connectivity index (χ0) is 14.2. The van der Waals surface area contributed by atoms with Crippen LogP contribution in [0.3, 0.4) is 0 Å². The average Bonchev–Trinajstić information content (AvgIpc) is 2.92. The predicted molar refractivity (Wildman–Crippen MR) is 78.5 cm³/mol. The molecule has 2 fully saturated rings. The molecule has 2 nitrogen and oxygen atoms in total. The third-order valence-corrected chi connectivity index (χ3v) is 5.18. The Bertz CT molecular complexity index is 482. The topological polar surface area (TPSA) is 21.3 Å². The minimum Gasteiger partial charge on any atom is -0.489 e. The lowest BCUT2D eigenvalue weighted by Crippen LogP contribution is -2.63. The summed E-state index contributed by atoms with van der Waals surface area (Å²) in [7, 11) is 0. The summed E-state index contributed by atoms with van der Waals surface area (Å²) in [6.07, 6.45) is 6.50. The van der Waals surface area contributed by atoms with Gasteiger partial charge < -0.3 is 10.1 Å². The molecule has 3 heteroatoms. The molecule has 2 aliphatic carbocycles. The van der Waals surface area contributed by atoms with E-state index in [9.17, 15) is 4.39 Å². The van der Waals surface area contributed by atoms with Crippen LogP contribution in [0.15, 0.2) is 18.2 Å². The standard InChI is InChI=1S/C17H24FNO/c1-3-19-15-11-16(17(15)8-4-5-9-17)20-14-7-6-13(18)10-12(14)2/h6-7,10,15-16,19H,3-5,8-9,11H2,1-2H3. The molecule has 0 bridgehead atoms. The van der Waals surface area contributed by atoms with Crippen LogP contribution < -0.4 is 10.1 Å². The number of halogens is 1. The molecule has 20 heavy (non-hydrogen) atoms. The van der Waals surface area contributed by atoms with Gasteiger partial charge >= 0.3 is 0 Å². The molecule has 0 saturated heterocycles. The molecule has 2 saturated carbocycles. The summed E-state index contributed by atoms with van der Waals surface area (Å²) in [5, 5.41) is 3.61. The maximum atomic E-state index is 13.2. The summed E-state index contributed by atoms with van der Waals surface area (Å²) >= 11 is 0. The molecule has 0 amide bonds. The van der Waals surface area contributed by atoms with Gasteiger partial charge in [-0.1, -0.05) is 19.8 Å². The van der Waals surface area contributed by atoms with E-state index in [2.05, 4.69) is 12.2 Å². The molecule has 1 spiro atoms. The highest BCUT2D eigenvalue weighted by Gasteiger charge is 2.57. The SMILES string of the molecule is CCNC1CC(Oc2ccc(F)cc2C)C12CCCC2. The number of benzene rings is 1. The van der Waals surface area contributed by atoms with Gasteiger partial charge in [-0.3, -0.25) is 0 Å². The molecule has 0 aromatic heterocycles. The Morgan fingerprint density at radius 3 is 2.75 bits per heavy atom. The summed E-state index contributed by atoms with van der Waals surface area (Å²) < 4.78 is 19.4. The number of ether oxygens (including phenoxy) is 1. The van der Waals surface area contributed by atoms with E-state index >= 15 is 0 Å². The second kappa shape index (κ2) is 5.36. The van der Waals surface area contributed by atoms with Crippen molar-refractivity contribution in [2.24, 2.45) is 5.41 Å². The zero-order valence-corrected chi connectivity index (χ0v) is 12.4. The monoisotopic (exact) mass is 277 g/mol. The van der Waals surface area contributed by atoms with Gasteiger partial charge in [-0.05, 0) is 50.1 Å². The lowest BCUT2D eigenvalue weighted by molar-refractivity contribution is -0.0758. The van der Waals surface area contributed by atoms with E-state index in [1.165, 1.54) is 31.7 Å². The third kappa shape index (κ3) is 2.22. The first-order valence-electron chi connectivity index (χ1n) is 7.82. The van der Waals surface area contributed by atoms with E-state index in [-0.39, 0.29) is 5.82 Å². The Morgan fingerprint density at radius 2 is 2.10 bits per heavy atom. The molecule has 1 aromatic rings. The molecule has 2 unspecified atom stereocenters. The van der Waals surface area contributed by atoms with Crippen molar-refractivity contribution in [3.8, 4) is 5.75 Å². The van der Waals surface area contributed by atoms with Crippen molar-refractivity contribution in [3.63, 3.8) is 0 Å². The van der Waals surface area contributed by atoms with Crippen LogP contribution in [-0.2, 0) is 0 Å². The largest absolute Gasteiger partial charge is 0.489 e. The highest BCUT2D eigenvalue weighted by molar-refractivity contribution is 5.33. The van der Waals surface area contributed by atoms with Crippen molar-refractivity contribution in [2.75, 3.05) is 6.54 Å². The van der Waals surface area contributed by atoms with Gasteiger partial charge in [0.05, 0.1) is 0 Å². The molecule has 1 aromatic carbocycles. The van der Waals surface area contributed by atoms with Crippen molar-refractivity contribution in [1.82, 2.24) is 5.32 Å². The molecule has 0 radical (unpaired) electrons. The first-order valence-corrected chi connectivity index (χ1v) is 7.82. The fraction of sp³-hybridized carbons (Fsp3) is 0.647. The Morgan fingerprint density at radius 1 is 1.35 bits per heavy atom. The quantitative estimate of drug-likeness (QED) is 0.903. The van der Waals surface area contributed by atoms with E-state index in [1.54, 1.807) is 12.1 Å². The van der Waals surface area contributed by atoms with Crippen molar-refractivity contribution in [1.29, 1.82) is 0 Å². The van der Waals surface area contributed by atoms with E-state index < -0.39 is 0 Å². The number of rotatable bonds is 4. The molecule has 0 aliphatic heterocycles. The van der Waals surface area contributed by atoms with Crippen LogP contribution in [0.25, 0.3) is 0 Å². The number of hydrogen-bond donors (Lipinski definition) is 1. The summed E-state index contributed by atoms with van der Waals surface area (Å²) in [6.45, 7) is 5.11. The first-order chi connectivity index (χ1) is 9.65. The summed E-state index contributed by atoms with van der Waals surface area (Å²) in [5.41, 5.74) is 1.21. The van der Waals surface area contributed by atoms with Crippen molar-refractivity contribution >= 4 is 0 Å². The van der Waals surface area contributed by atoms with Crippen molar-refractivity contribution < 1.29 is 9.13 Å². The van der Waals surface area contributed by atoms with Gasteiger partial charge in [0, 0.05) is 17.9 Å². The van der Waals surface area contributed by atoms with Crippen LogP contribution in [0.2, 0.25) is 0 Å². The molecule has 110 valence electrons. The highest BCUT2D eigenvalue weighted by Crippen LogP contribution is 2.54. The van der Waals surface area contributed by atoms with Gasteiger partial charge in [-0.2, -0.15) is 0 Å². The van der Waals surface area contributed by atoms with Crippen LogP contribution in [-0.4, -0.2) is 18.7 Å². The van der Waals surface area contributed by atoms with Gasteiger partial charge in [-0.15, -0.1) is 0 Å². The first kappa shape index (κ1) is 13.9. The second-order valence-electron chi connectivity index (χ2n) is 6.30. The normalized spacial score (nSPS) is 27.6. The molecule has 2 atom stereocenters. The van der Waals surface area contributed by atoms with Gasteiger partial charge in [0.25, 0.3) is 0 Å². The fourth-order valence-electron chi connectivity index (χ4n) is 4.05. The van der Waals surface area contributed by atoms with Gasteiger partial charge in [0.2, 0.25) is 0 Å². The molecular formula is C17H24FNO. The number of hydrogen-bond acceptors (Lipinski definition) is 2. The maximum Gasteiger partial charge on any atom is 0.123 e. The second-order valence-corrected chi connectivity index (χ2v) is 6.30. The van der Waals surface area contributed by atoms with Crippen molar-refractivity contribution in [3.05, 3.63) is 29.6 Å². The van der Waals surface area contributed by atoms with E-state index in [1.807, 2.05) is 6.92 Å². The van der Waals surface area contributed by atoms with Gasteiger partial charge in [0.15, 0.2) is 0 Å². The summed E-state index contributed by atoms with van der Waals surface area (Å²) in [5.74, 6) is 0.655. The Balaban J connectivity index is 1.74. The van der Waals surface area contributed by atoms with Gasteiger partial charge in [0.1, 0.15) is 17.7 Å². The fourth-order valence-corrected chi connectivity index (χ4v) is 4.05. The average molecular weight is 277 g/mol. The highest BCUT2D eigenvalue weighted by atomic mass is 19.1. The van der Waals surface area contributed by atoms with Gasteiger partial charge in [-0.25, -0.2) is 4.39 Å². The third-order valence-electron chi connectivity index (χ3n) is 5.18. The molecule has 0 heterocycles. The van der Waals surface area contributed by atoms with Crippen LogP contribution in [0.5, 0.6) is 5.75 Å². The van der Waals surface area contributed by atoms with Crippen LogP contribution in [0, 0.1) is 18.2 Å². The Kier molecular flexibility index (Phi) is 3.72. The molecule has 1 N–H and O–H groups in total. The Hall–Kier alpha value is -1.09. The van der Waals surface area contributed by atoms with E-state index in [0.717, 1.165) is 24.3 Å². The molecule has 3 rings (SSSR count). The Labute approximate surface area is 120 Å². The number of aryl methyl sites for hydroxylation is 1. The van der Waals surface area contributed by atoms with E-state index in [4.69, 9.17) is 4.74 Å². The smallest absolute Gasteiger partial charge is 0.123 e. The van der Waals surface area contributed by atoms with E-state index in [0.29, 0.717) is 17.6 Å². The number of nitrogens with one attached hydrogen (secondary N) is 1. The zero-order valence-electron chi connectivity index (χ0n) is 12.4.